The summed E-state index contributed by atoms with van der Waals surface area (Å²) >= 11 is 0. The van der Waals surface area contributed by atoms with Crippen molar-refractivity contribution in [2.75, 3.05) is 32.1 Å². The Morgan fingerprint density at radius 2 is 2.27 bits per heavy atom. The third-order valence-corrected chi connectivity index (χ3v) is 3.95. The molecule has 3 heterocycles. The van der Waals surface area contributed by atoms with Crippen LogP contribution in [0.4, 0.5) is 5.82 Å². The van der Waals surface area contributed by atoms with Crippen LogP contribution in [0.2, 0.25) is 0 Å². The van der Waals surface area contributed by atoms with E-state index in [9.17, 15) is 4.79 Å². The van der Waals surface area contributed by atoms with E-state index in [-0.39, 0.29) is 11.9 Å². The lowest BCUT2D eigenvalue weighted by Crippen LogP contribution is -2.40. The van der Waals surface area contributed by atoms with Gasteiger partial charge in [0.25, 0.3) is 5.91 Å². The van der Waals surface area contributed by atoms with E-state index in [1.165, 1.54) is 6.33 Å². The fraction of sp³-hybridized carbons (Fsp3) is 0.467. The molecule has 0 bridgehead atoms. The highest BCUT2D eigenvalue weighted by Crippen LogP contribution is 2.22. The number of rotatable bonds is 3. The molecule has 22 heavy (non-hydrogen) atoms. The second-order valence-corrected chi connectivity index (χ2v) is 5.72. The van der Waals surface area contributed by atoms with Crippen LogP contribution in [-0.2, 0) is 0 Å². The molecule has 1 fully saturated rings. The van der Waals surface area contributed by atoms with Gasteiger partial charge >= 0.3 is 0 Å². The Labute approximate surface area is 129 Å². The Kier molecular flexibility index (Phi) is 4.04. The molecule has 0 spiro atoms. The lowest BCUT2D eigenvalue weighted by Gasteiger charge is -2.32. The number of piperidine rings is 1. The molecule has 1 aliphatic rings. The second kappa shape index (κ2) is 6.13. The quantitative estimate of drug-likeness (QED) is 0.852. The molecule has 1 aliphatic heterocycles. The predicted molar refractivity (Wildman–Crippen MR) is 82.8 cm³/mol. The van der Waals surface area contributed by atoms with Gasteiger partial charge in [-0.1, -0.05) is 0 Å². The van der Waals surface area contributed by atoms with E-state index in [4.69, 9.17) is 0 Å². The van der Waals surface area contributed by atoms with Gasteiger partial charge in [-0.15, -0.1) is 0 Å². The summed E-state index contributed by atoms with van der Waals surface area (Å²) in [6, 6.07) is 3.81. The number of hydrogen-bond donors (Lipinski definition) is 0. The van der Waals surface area contributed by atoms with Gasteiger partial charge in [0, 0.05) is 38.9 Å². The largest absolute Gasteiger partial charge is 0.363 e. The summed E-state index contributed by atoms with van der Waals surface area (Å²) < 4.78 is 1.84. The van der Waals surface area contributed by atoms with Gasteiger partial charge in [-0.05, 0) is 25.0 Å². The van der Waals surface area contributed by atoms with Crippen LogP contribution >= 0.6 is 0 Å². The number of pyridine rings is 1. The molecule has 1 atom stereocenters. The molecule has 1 saturated heterocycles. The van der Waals surface area contributed by atoms with Gasteiger partial charge in [0.2, 0.25) is 0 Å². The summed E-state index contributed by atoms with van der Waals surface area (Å²) in [5, 5.41) is 4.19. The van der Waals surface area contributed by atoms with Crippen molar-refractivity contribution in [3.63, 3.8) is 0 Å². The minimum atomic E-state index is 0.0512. The number of carbonyl (C=O) groups is 1. The topological polar surface area (TPSA) is 67.2 Å². The molecule has 0 unspecified atom stereocenters. The molecule has 0 aliphatic carbocycles. The number of likely N-dealkylation sites (tertiary alicyclic amines) is 1. The smallest absolute Gasteiger partial charge is 0.254 e. The molecule has 3 rings (SSSR count). The molecule has 116 valence electrons. The third kappa shape index (κ3) is 2.93. The van der Waals surface area contributed by atoms with E-state index < -0.39 is 0 Å². The Balaban J connectivity index is 1.75. The molecule has 0 N–H and O–H groups in total. The molecule has 0 saturated carbocycles. The van der Waals surface area contributed by atoms with E-state index >= 15 is 0 Å². The highest BCUT2D eigenvalue weighted by Gasteiger charge is 2.26. The lowest BCUT2D eigenvalue weighted by molar-refractivity contribution is 0.0672. The molecule has 0 radical (unpaired) electrons. The number of carbonyl (C=O) groups excluding carboxylic acids is 1. The molecule has 7 heteroatoms. The maximum absolute atomic E-state index is 12.7. The van der Waals surface area contributed by atoms with Gasteiger partial charge < -0.3 is 9.80 Å². The van der Waals surface area contributed by atoms with E-state index in [0.717, 1.165) is 25.2 Å². The summed E-state index contributed by atoms with van der Waals surface area (Å²) in [4.78, 5) is 24.8. The monoisotopic (exact) mass is 300 g/mol. The summed E-state index contributed by atoms with van der Waals surface area (Å²) in [5.74, 6) is 0.839. The van der Waals surface area contributed by atoms with Crippen LogP contribution in [-0.4, -0.2) is 57.7 Å². The molecular weight excluding hydrogens is 280 g/mol. The Morgan fingerprint density at radius 3 is 3.00 bits per heavy atom. The molecule has 0 aromatic carbocycles. The Hall–Kier alpha value is -2.44. The average molecular weight is 300 g/mol. The standard InChI is InChI=1S/C15H20N6O/c1-19(2)14-8-12(5-6-17-14)15(22)20-7-3-4-13(9-20)21-11-16-10-18-21/h5-6,8,10-11,13H,3-4,7,9H2,1-2H3/t13-/m0/s1. The predicted octanol–water partition coefficient (Wildman–Crippen LogP) is 1.22. The van der Waals surface area contributed by atoms with Crippen molar-refractivity contribution in [1.29, 1.82) is 0 Å². The van der Waals surface area contributed by atoms with Gasteiger partial charge in [-0.25, -0.2) is 14.6 Å². The van der Waals surface area contributed by atoms with Crippen LogP contribution in [0.25, 0.3) is 0 Å². The fourth-order valence-electron chi connectivity index (χ4n) is 2.74. The van der Waals surface area contributed by atoms with E-state index in [0.29, 0.717) is 12.1 Å². The number of anilines is 1. The number of nitrogens with zero attached hydrogens (tertiary/aromatic N) is 6. The number of hydrogen-bond acceptors (Lipinski definition) is 5. The van der Waals surface area contributed by atoms with Gasteiger partial charge in [0.1, 0.15) is 18.5 Å². The van der Waals surface area contributed by atoms with E-state index in [1.807, 2.05) is 34.6 Å². The van der Waals surface area contributed by atoms with Gasteiger partial charge in [-0.3, -0.25) is 4.79 Å². The van der Waals surface area contributed by atoms with Crippen LogP contribution in [0.15, 0.2) is 31.0 Å². The first-order valence-electron chi connectivity index (χ1n) is 7.42. The van der Waals surface area contributed by atoms with Crippen LogP contribution < -0.4 is 4.90 Å². The zero-order valence-electron chi connectivity index (χ0n) is 12.9. The number of amides is 1. The van der Waals surface area contributed by atoms with Crippen molar-refractivity contribution >= 4 is 11.7 Å². The normalized spacial score (nSPS) is 18.3. The summed E-state index contributed by atoms with van der Waals surface area (Å²) in [5.41, 5.74) is 0.679. The van der Waals surface area contributed by atoms with Gasteiger partial charge in [0.05, 0.1) is 6.04 Å². The molecule has 2 aromatic heterocycles. The molecular formula is C15H20N6O. The minimum Gasteiger partial charge on any atom is -0.363 e. The van der Waals surface area contributed by atoms with Crippen LogP contribution in [0.3, 0.4) is 0 Å². The highest BCUT2D eigenvalue weighted by molar-refractivity contribution is 5.94. The van der Waals surface area contributed by atoms with Crippen molar-refractivity contribution in [3.05, 3.63) is 36.5 Å². The van der Waals surface area contributed by atoms with Gasteiger partial charge in [0.15, 0.2) is 0 Å². The fourth-order valence-corrected chi connectivity index (χ4v) is 2.74. The SMILES string of the molecule is CN(C)c1cc(C(=O)N2CCC[C@H](n3cncn3)C2)ccn1. The van der Waals surface area contributed by atoms with Crippen LogP contribution in [0.1, 0.15) is 29.2 Å². The van der Waals surface area contributed by atoms with Crippen molar-refractivity contribution in [1.82, 2.24) is 24.6 Å². The van der Waals surface area contributed by atoms with Crippen LogP contribution in [0.5, 0.6) is 0 Å². The zero-order valence-corrected chi connectivity index (χ0v) is 12.9. The molecule has 7 nitrogen and oxygen atoms in total. The van der Waals surface area contributed by atoms with Crippen LogP contribution in [0, 0.1) is 0 Å². The third-order valence-electron chi connectivity index (χ3n) is 3.95. The van der Waals surface area contributed by atoms with E-state index in [1.54, 1.807) is 18.6 Å². The summed E-state index contributed by atoms with van der Waals surface area (Å²) in [6.45, 7) is 1.45. The summed E-state index contributed by atoms with van der Waals surface area (Å²) in [6.07, 6.45) is 6.93. The van der Waals surface area contributed by atoms with Crippen molar-refractivity contribution in [2.24, 2.45) is 0 Å². The van der Waals surface area contributed by atoms with E-state index in [2.05, 4.69) is 15.1 Å². The van der Waals surface area contributed by atoms with Crippen molar-refractivity contribution in [3.8, 4) is 0 Å². The maximum Gasteiger partial charge on any atom is 0.254 e. The first kappa shape index (κ1) is 14.5. The average Bonchev–Trinajstić information content (AvgIpc) is 3.09. The molecule has 1 amide bonds. The highest BCUT2D eigenvalue weighted by atomic mass is 16.2. The Morgan fingerprint density at radius 1 is 1.41 bits per heavy atom. The molecule has 2 aromatic rings. The first-order chi connectivity index (χ1) is 10.6. The number of aromatic nitrogens is 4. The van der Waals surface area contributed by atoms with Gasteiger partial charge in [-0.2, -0.15) is 5.10 Å². The summed E-state index contributed by atoms with van der Waals surface area (Å²) in [7, 11) is 3.83. The lowest BCUT2D eigenvalue weighted by atomic mass is 10.0. The maximum atomic E-state index is 12.7. The Bertz CT molecular complexity index is 639. The second-order valence-electron chi connectivity index (χ2n) is 5.72. The zero-order chi connectivity index (χ0) is 15.5. The van der Waals surface area contributed by atoms with Crippen molar-refractivity contribution in [2.45, 2.75) is 18.9 Å². The first-order valence-corrected chi connectivity index (χ1v) is 7.42. The van der Waals surface area contributed by atoms with Crippen molar-refractivity contribution < 1.29 is 4.79 Å². The minimum absolute atomic E-state index is 0.0512.